The van der Waals surface area contributed by atoms with Gasteiger partial charge in [0.15, 0.2) is 0 Å². The number of nitrogens with zero attached hydrogens (tertiary/aromatic N) is 1. The van der Waals surface area contributed by atoms with Gasteiger partial charge in [0.2, 0.25) is 11.8 Å². The summed E-state index contributed by atoms with van der Waals surface area (Å²) in [6.45, 7) is 8.07. The fourth-order valence-electron chi connectivity index (χ4n) is 2.86. The highest BCUT2D eigenvalue weighted by molar-refractivity contribution is 6.05. The summed E-state index contributed by atoms with van der Waals surface area (Å²) in [5, 5.41) is 12.4. The lowest BCUT2D eigenvalue weighted by molar-refractivity contribution is -0.145. The highest BCUT2D eigenvalue weighted by Gasteiger charge is 2.44. The maximum atomic E-state index is 12.1. The van der Waals surface area contributed by atoms with Crippen LogP contribution in [0.25, 0.3) is 0 Å². The van der Waals surface area contributed by atoms with Crippen molar-refractivity contribution in [2.24, 2.45) is 5.41 Å². The number of rotatable bonds is 8. The van der Waals surface area contributed by atoms with E-state index in [0.29, 0.717) is 32.4 Å². The normalized spacial score (nSPS) is 20.7. The molecule has 1 rings (SSSR count). The number of hydrogen-bond donors (Lipinski definition) is 2. The zero-order valence-electron chi connectivity index (χ0n) is 13.4. The Labute approximate surface area is 125 Å². The van der Waals surface area contributed by atoms with E-state index in [2.05, 4.69) is 5.32 Å². The maximum absolute atomic E-state index is 12.1. The van der Waals surface area contributed by atoms with Crippen molar-refractivity contribution >= 4 is 17.8 Å². The Hall–Kier alpha value is -1.43. The van der Waals surface area contributed by atoms with Gasteiger partial charge >= 0.3 is 5.97 Å². The Morgan fingerprint density at radius 2 is 2.00 bits per heavy atom. The summed E-state index contributed by atoms with van der Waals surface area (Å²) < 4.78 is 0. The molecule has 120 valence electrons. The lowest BCUT2D eigenvalue weighted by Crippen LogP contribution is -2.52. The fraction of sp³-hybridized carbons (Fsp3) is 0.800. The van der Waals surface area contributed by atoms with E-state index >= 15 is 0 Å². The van der Waals surface area contributed by atoms with Crippen LogP contribution in [0.15, 0.2) is 0 Å². The molecule has 2 N–H and O–H groups in total. The molecule has 0 aromatic carbocycles. The molecule has 0 aliphatic carbocycles. The average Bonchev–Trinajstić information content (AvgIpc) is 2.59. The van der Waals surface area contributed by atoms with Gasteiger partial charge in [0.25, 0.3) is 0 Å². The third kappa shape index (κ3) is 3.61. The molecule has 6 nitrogen and oxygen atoms in total. The smallest absolute Gasteiger partial charge is 0.323 e. The van der Waals surface area contributed by atoms with E-state index in [9.17, 15) is 19.5 Å². The summed E-state index contributed by atoms with van der Waals surface area (Å²) in [5.74, 6) is -1.20. The lowest BCUT2D eigenvalue weighted by atomic mass is 9.90. The van der Waals surface area contributed by atoms with Crippen LogP contribution in [0.1, 0.15) is 53.4 Å². The number of aliphatic carboxylic acids is 1. The van der Waals surface area contributed by atoms with Crippen LogP contribution in [-0.4, -0.2) is 46.4 Å². The number of hydrogen-bond acceptors (Lipinski definition) is 4. The molecule has 6 heteroatoms. The second-order valence-electron chi connectivity index (χ2n) is 6.29. The van der Waals surface area contributed by atoms with E-state index in [1.165, 1.54) is 4.90 Å². The summed E-state index contributed by atoms with van der Waals surface area (Å²) in [6, 6.07) is 0. The van der Waals surface area contributed by atoms with Crippen LogP contribution in [0.5, 0.6) is 0 Å². The first-order chi connectivity index (χ1) is 9.70. The van der Waals surface area contributed by atoms with E-state index in [1.54, 1.807) is 13.8 Å². The number of carboxylic acids is 1. The molecule has 0 bridgehead atoms. The molecule has 0 saturated carbocycles. The summed E-state index contributed by atoms with van der Waals surface area (Å²) in [5.41, 5.74) is -1.61. The minimum Gasteiger partial charge on any atom is -0.480 e. The molecule has 1 unspecified atom stereocenters. The van der Waals surface area contributed by atoms with Crippen molar-refractivity contribution in [1.29, 1.82) is 0 Å². The summed E-state index contributed by atoms with van der Waals surface area (Å²) in [4.78, 5) is 36.7. The molecule has 1 heterocycles. The average molecular weight is 298 g/mol. The van der Waals surface area contributed by atoms with Gasteiger partial charge in [-0.05, 0) is 25.8 Å². The predicted molar refractivity (Wildman–Crippen MR) is 78.7 cm³/mol. The van der Waals surface area contributed by atoms with Crippen molar-refractivity contribution in [3.8, 4) is 0 Å². The highest BCUT2D eigenvalue weighted by Crippen LogP contribution is 2.32. The summed E-state index contributed by atoms with van der Waals surface area (Å²) >= 11 is 0. The van der Waals surface area contributed by atoms with E-state index in [0.717, 1.165) is 0 Å². The van der Waals surface area contributed by atoms with Crippen molar-refractivity contribution in [1.82, 2.24) is 10.2 Å². The molecule has 1 aliphatic rings. The number of likely N-dealkylation sites (tertiary alicyclic amines) is 1. The topological polar surface area (TPSA) is 86.7 Å². The predicted octanol–water partition coefficient (Wildman–Crippen LogP) is 1.39. The van der Waals surface area contributed by atoms with Crippen LogP contribution in [0.3, 0.4) is 0 Å². The molecule has 0 spiro atoms. The molecule has 0 radical (unpaired) electrons. The van der Waals surface area contributed by atoms with E-state index in [4.69, 9.17) is 0 Å². The number of nitrogens with one attached hydrogen (secondary N) is 1. The Balaban J connectivity index is 2.65. The van der Waals surface area contributed by atoms with Crippen LogP contribution in [0.2, 0.25) is 0 Å². The number of imide groups is 1. The largest absolute Gasteiger partial charge is 0.480 e. The lowest BCUT2D eigenvalue weighted by Gasteiger charge is -2.29. The second-order valence-corrected chi connectivity index (χ2v) is 6.29. The van der Waals surface area contributed by atoms with Gasteiger partial charge in [0.05, 0.1) is 5.41 Å². The Bertz CT molecular complexity index is 433. The van der Waals surface area contributed by atoms with Crippen molar-refractivity contribution < 1.29 is 19.5 Å². The van der Waals surface area contributed by atoms with Gasteiger partial charge < -0.3 is 10.4 Å². The van der Waals surface area contributed by atoms with Crippen LogP contribution < -0.4 is 5.32 Å². The van der Waals surface area contributed by atoms with Gasteiger partial charge in [-0.2, -0.15) is 0 Å². The maximum Gasteiger partial charge on any atom is 0.323 e. The van der Waals surface area contributed by atoms with Crippen molar-refractivity contribution in [2.45, 2.75) is 58.9 Å². The molecule has 0 aromatic heterocycles. The minimum atomic E-state index is -0.976. The van der Waals surface area contributed by atoms with Gasteiger partial charge in [-0.1, -0.05) is 27.7 Å². The monoisotopic (exact) mass is 298 g/mol. The quantitative estimate of drug-likeness (QED) is 0.661. The number of likely N-dealkylation sites (N-methyl/N-ethyl adjacent to an activating group) is 1. The first-order valence-electron chi connectivity index (χ1n) is 7.53. The van der Waals surface area contributed by atoms with Gasteiger partial charge in [-0.15, -0.1) is 0 Å². The van der Waals surface area contributed by atoms with Gasteiger partial charge in [-0.25, -0.2) is 0 Å². The number of carboxylic acid groups (broad SMARTS) is 1. The van der Waals surface area contributed by atoms with Gasteiger partial charge in [0, 0.05) is 13.0 Å². The van der Waals surface area contributed by atoms with Gasteiger partial charge in [0.1, 0.15) is 5.54 Å². The SMILES string of the molecule is CCNC(CC)(CCCN1C(=O)CC(C)(C)C1=O)C(=O)O. The van der Waals surface area contributed by atoms with Crippen LogP contribution in [-0.2, 0) is 14.4 Å². The molecule has 21 heavy (non-hydrogen) atoms. The number of carbonyl (C=O) groups is 3. The van der Waals surface area contributed by atoms with Crippen molar-refractivity contribution in [3.63, 3.8) is 0 Å². The zero-order valence-corrected chi connectivity index (χ0v) is 13.4. The standard InChI is InChI=1S/C15H26N2O4/c1-5-15(13(20)21,16-6-2)8-7-9-17-11(18)10-14(3,4)12(17)19/h16H,5-10H2,1-4H3,(H,20,21). The third-order valence-corrected chi connectivity index (χ3v) is 4.23. The van der Waals surface area contributed by atoms with E-state index in [1.807, 2.05) is 13.8 Å². The molecular formula is C15H26N2O4. The first-order valence-corrected chi connectivity index (χ1v) is 7.53. The van der Waals surface area contributed by atoms with Crippen molar-refractivity contribution in [2.75, 3.05) is 13.1 Å². The molecule has 1 aliphatic heterocycles. The number of amides is 2. The zero-order chi connectivity index (χ0) is 16.3. The van der Waals surface area contributed by atoms with E-state index < -0.39 is 16.9 Å². The molecule has 1 saturated heterocycles. The minimum absolute atomic E-state index is 0.159. The molecule has 0 aromatic rings. The number of carbonyl (C=O) groups excluding carboxylic acids is 2. The Morgan fingerprint density at radius 1 is 1.38 bits per heavy atom. The van der Waals surface area contributed by atoms with E-state index in [-0.39, 0.29) is 18.2 Å². The summed E-state index contributed by atoms with van der Waals surface area (Å²) in [7, 11) is 0. The van der Waals surface area contributed by atoms with Gasteiger partial charge in [-0.3, -0.25) is 19.3 Å². The molecule has 2 amide bonds. The van der Waals surface area contributed by atoms with Crippen LogP contribution in [0.4, 0.5) is 0 Å². The Kier molecular flexibility index (Phi) is 5.50. The van der Waals surface area contributed by atoms with Crippen LogP contribution >= 0.6 is 0 Å². The summed E-state index contributed by atoms with van der Waals surface area (Å²) in [6.07, 6.45) is 1.57. The fourth-order valence-corrected chi connectivity index (χ4v) is 2.86. The second kappa shape index (κ2) is 6.56. The highest BCUT2D eigenvalue weighted by atomic mass is 16.4. The van der Waals surface area contributed by atoms with Crippen molar-refractivity contribution in [3.05, 3.63) is 0 Å². The van der Waals surface area contributed by atoms with Crippen LogP contribution in [0, 0.1) is 5.41 Å². The first kappa shape index (κ1) is 17.6. The molecule has 1 fully saturated rings. The molecule has 1 atom stereocenters. The molecular weight excluding hydrogens is 272 g/mol. The Morgan fingerprint density at radius 3 is 2.38 bits per heavy atom. The third-order valence-electron chi connectivity index (χ3n) is 4.23.